The highest BCUT2D eigenvalue weighted by Gasteiger charge is 2.05. The molecule has 0 bridgehead atoms. The molecule has 1 aromatic carbocycles. The molecule has 92 valence electrons. The number of amides is 1. The Labute approximate surface area is 102 Å². The second-order valence-corrected chi connectivity index (χ2v) is 3.52. The fourth-order valence-corrected chi connectivity index (χ4v) is 1.36. The Balaban J connectivity index is 1.97. The minimum Gasteiger partial charge on any atom is -0.478 e. The summed E-state index contributed by atoms with van der Waals surface area (Å²) in [5, 5.41) is 15.2. The minimum absolute atomic E-state index is 0.0562. The molecule has 0 saturated heterocycles. The number of carboxylic acids is 1. The van der Waals surface area contributed by atoms with E-state index in [1.54, 1.807) is 0 Å². The monoisotopic (exact) mass is 246 g/mol. The molecule has 0 radical (unpaired) electrons. The van der Waals surface area contributed by atoms with Gasteiger partial charge in [-0.15, -0.1) is 0 Å². The molecule has 0 atom stereocenters. The van der Waals surface area contributed by atoms with Crippen molar-refractivity contribution in [3.63, 3.8) is 0 Å². The number of carbonyl (C=O) groups is 2. The molecule has 7 nitrogen and oxygen atoms in total. The lowest BCUT2D eigenvalue weighted by atomic mass is 10.2. The standard InChI is InChI=1S/C11H10N4O3/c16-10(5-15-7-12-6-13-15)14-9-3-1-8(2-4-9)11(17)18/h1-4,6-7H,5H2,(H,14,16)(H,17,18). The fourth-order valence-electron chi connectivity index (χ4n) is 1.36. The number of nitrogens with zero attached hydrogens (tertiary/aromatic N) is 3. The van der Waals surface area contributed by atoms with Gasteiger partial charge in [-0.05, 0) is 24.3 Å². The van der Waals surface area contributed by atoms with Crippen LogP contribution < -0.4 is 5.32 Å². The molecule has 1 amide bonds. The van der Waals surface area contributed by atoms with Gasteiger partial charge in [-0.3, -0.25) is 4.79 Å². The maximum Gasteiger partial charge on any atom is 0.335 e. The van der Waals surface area contributed by atoms with Gasteiger partial charge in [0.25, 0.3) is 0 Å². The van der Waals surface area contributed by atoms with Crippen molar-refractivity contribution in [3.8, 4) is 0 Å². The van der Waals surface area contributed by atoms with E-state index in [-0.39, 0.29) is 18.0 Å². The summed E-state index contributed by atoms with van der Waals surface area (Å²) in [4.78, 5) is 25.9. The summed E-state index contributed by atoms with van der Waals surface area (Å²) >= 11 is 0. The Morgan fingerprint density at radius 1 is 1.28 bits per heavy atom. The van der Waals surface area contributed by atoms with Crippen LogP contribution in [0.1, 0.15) is 10.4 Å². The third-order valence-corrected chi connectivity index (χ3v) is 2.19. The summed E-state index contributed by atoms with van der Waals surface area (Å²) in [5.74, 6) is -1.26. The molecule has 2 N–H and O–H groups in total. The third-order valence-electron chi connectivity index (χ3n) is 2.19. The van der Waals surface area contributed by atoms with Gasteiger partial charge in [0.15, 0.2) is 0 Å². The second kappa shape index (κ2) is 5.09. The Bertz CT molecular complexity index is 548. The van der Waals surface area contributed by atoms with Crippen molar-refractivity contribution in [2.24, 2.45) is 0 Å². The molecular weight excluding hydrogens is 236 g/mol. The predicted molar refractivity (Wildman–Crippen MR) is 62.1 cm³/mol. The highest BCUT2D eigenvalue weighted by atomic mass is 16.4. The van der Waals surface area contributed by atoms with Crippen molar-refractivity contribution in [1.29, 1.82) is 0 Å². The summed E-state index contributed by atoms with van der Waals surface area (Å²) in [6, 6.07) is 5.91. The zero-order valence-electron chi connectivity index (χ0n) is 9.28. The first-order valence-corrected chi connectivity index (χ1v) is 5.11. The van der Waals surface area contributed by atoms with Crippen LogP contribution in [0.4, 0.5) is 5.69 Å². The van der Waals surface area contributed by atoms with Crippen molar-refractivity contribution in [2.75, 3.05) is 5.32 Å². The molecular formula is C11H10N4O3. The van der Waals surface area contributed by atoms with Gasteiger partial charge in [0.1, 0.15) is 19.2 Å². The van der Waals surface area contributed by atoms with Crippen molar-refractivity contribution < 1.29 is 14.7 Å². The molecule has 2 aromatic rings. The van der Waals surface area contributed by atoms with Crippen molar-refractivity contribution >= 4 is 17.6 Å². The number of anilines is 1. The van der Waals surface area contributed by atoms with Crippen LogP contribution in [0, 0.1) is 0 Å². The Hall–Kier alpha value is -2.70. The molecule has 0 unspecified atom stereocenters. The largest absolute Gasteiger partial charge is 0.478 e. The summed E-state index contributed by atoms with van der Waals surface area (Å²) in [7, 11) is 0. The van der Waals surface area contributed by atoms with Gasteiger partial charge >= 0.3 is 5.97 Å². The van der Waals surface area contributed by atoms with Crippen LogP contribution in [0.2, 0.25) is 0 Å². The maximum absolute atomic E-state index is 11.6. The lowest BCUT2D eigenvalue weighted by molar-refractivity contribution is -0.116. The maximum atomic E-state index is 11.6. The van der Waals surface area contributed by atoms with Crippen LogP contribution in [-0.2, 0) is 11.3 Å². The number of carboxylic acid groups (broad SMARTS) is 1. The van der Waals surface area contributed by atoms with E-state index in [1.165, 1.54) is 41.6 Å². The quantitative estimate of drug-likeness (QED) is 0.824. The molecule has 0 fully saturated rings. The second-order valence-electron chi connectivity index (χ2n) is 3.52. The predicted octanol–water partition coefficient (Wildman–Crippen LogP) is 0.615. The number of hydrogen-bond acceptors (Lipinski definition) is 4. The van der Waals surface area contributed by atoms with E-state index >= 15 is 0 Å². The van der Waals surface area contributed by atoms with Crippen LogP contribution >= 0.6 is 0 Å². The SMILES string of the molecule is O=C(Cn1cncn1)Nc1ccc(C(=O)O)cc1. The van der Waals surface area contributed by atoms with Crippen LogP contribution in [0.25, 0.3) is 0 Å². The van der Waals surface area contributed by atoms with Crippen LogP contribution in [-0.4, -0.2) is 31.7 Å². The molecule has 2 rings (SSSR count). The lowest BCUT2D eigenvalue weighted by Crippen LogP contribution is -2.19. The summed E-state index contributed by atoms with van der Waals surface area (Å²) < 4.78 is 1.39. The molecule has 0 aliphatic heterocycles. The smallest absolute Gasteiger partial charge is 0.335 e. The van der Waals surface area contributed by atoms with Gasteiger partial charge in [-0.1, -0.05) is 0 Å². The topological polar surface area (TPSA) is 97.1 Å². The van der Waals surface area contributed by atoms with Crippen LogP contribution in [0.5, 0.6) is 0 Å². The van der Waals surface area contributed by atoms with Gasteiger partial charge in [-0.2, -0.15) is 5.10 Å². The Kier molecular flexibility index (Phi) is 3.33. The highest BCUT2D eigenvalue weighted by Crippen LogP contribution is 2.09. The van der Waals surface area contributed by atoms with Gasteiger partial charge in [0.2, 0.25) is 5.91 Å². The van der Waals surface area contributed by atoms with Gasteiger partial charge in [0, 0.05) is 5.69 Å². The Morgan fingerprint density at radius 3 is 2.56 bits per heavy atom. The summed E-state index contributed by atoms with van der Waals surface area (Å²) in [6.45, 7) is 0.0562. The minimum atomic E-state index is -1.00. The van der Waals surface area contributed by atoms with Crippen molar-refractivity contribution in [2.45, 2.75) is 6.54 Å². The van der Waals surface area contributed by atoms with Crippen LogP contribution in [0.3, 0.4) is 0 Å². The molecule has 0 saturated carbocycles. The average molecular weight is 246 g/mol. The normalized spacial score (nSPS) is 10.0. The molecule has 18 heavy (non-hydrogen) atoms. The number of benzene rings is 1. The molecule has 0 spiro atoms. The van der Waals surface area contributed by atoms with E-state index in [9.17, 15) is 9.59 Å². The zero-order valence-corrected chi connectivity index (χ0v) is 9.28. The Morgan fingerprint density at radius 2 is 2.00 bits per heavy atom. The number of aromatic carboxylic acids is 1. The number of rotatable bonds is 4. The van der Waals surface area contributed by atoms with Crippen molar-refractivity contribution in [1.82, 2.24) is 14.8 Å². The average Bonchev–Trinajstić information content (AvgIpc) is 2.82. The summed E-state index contributed by atoms with van der Waals surface area (Å²) in [5.41, 5.74) is 0.703. The zero-order chi connectivity index (χ0) is 13.0. The van der Waals surface area contributed by atoms with Gasteiger partial charge in [0.05, 0.1) is 5.56 Å². The first-order chi connectivity index (χ1) is 8.65. The highest BCUT2D eigenvalue weighted by molar-refractivity contribution is 5.92. The molecule has 0 aliphatic rings. The van der Waals surface area contributed by atoms with Crippen molar-refractivity contribution in [3.05, 3.63) is 42.5 Å². The van der Waals surface area contributed by atoms with E-state index in [2.05, 4.69) is 15.4 Å². The number of hydrogen-bond donors (Lipinski definition) is 2. The first kappa shape index (κ1) is 11.8. The molecule has 1 heterocycles. The van der Waals surface area contributed by atoms with E-state index in [1.807, 2.05) is 0 Å². The number of carbonyl (C=O) groups excluding carboxylic acids is 1. The lowest BCUT2D eigenvalue weighted by Gasteiger charge is -2.05. The summed E-state index contributed by atoms with van der Waals surface area (Å²) in [6.07, 6.45) is 2.78. The number of aromatic nitrogens is 3. The van der Waals surface area contributed by atoms with E-state index in [0.717, 1.165) is 0 Å². The van der Waals surface area contributed by atoms with E-state index in [4.69, 9.17) is 5.11 Å². The molecule has 1 aromatic heterocycles. The number of nitrogens with one attached hydrogen (secondary N) is 1. The van der Waals surface area contributed by atoms with Gasteiger partial charge in [-0.25, -0.2) is 14.5 Å². The third kappa shape index (κ3) is 2.91. The van der Waals surface area contributed by atoms with Gasteiger partial charge < -0.3 is 10.4 Å². The molecule has 7 heteroatoms. The fraction of sp³-hybridized carbons (Fsp3) is 0.0909. The first-order valence-electron chi connectivity index (χ1n) is 5.11. The van der Waals surface area contributed by atoms with Crippen LogP contribution in [0.15, 0.2) is 36.9 Å². The van der Waals surface area contributed by atoms with E-state index in [0.29, 0.717) is 5.69 Å². The van der Waals surface area contributed by atoms with E-state index < -0.39 is 5.97 Å². The molecule has 0 aliphatic carbocycles.